The first-order valence-corrected chi connectivity index (χ1v) is 7.26. The third kappa shape index (κ3) is 3.59. The van der Waals surface area contributed by atoms with Crippen LogP contribution in [0.15, 0.2) is 17.0 Å². The highest BCUT2D eigenvalue weighted by atomic mass is 32.1. The fraction of sp³-hybridized carbons (Fsp3) is 0.364. The number of hydrogen-bond donors (Lipinski definition) is 2. The van der Waals surface area contributed by atoms with Gasteiger partial charge in [-0.15, -0.1) is 22.7 Å². The van der Waals surface area contributed by atoms with E-state index in [4.69, 9.17) is 0 Å². The number of aryl methyl sites for hydroxylation is 1. The summed E-state index contributed by atoms with van der Waals surface area (Å²) in [7, 11) is 0. The summed E-state index contributed by atoms with van der Waals surface area (Å²) in [4.78, 5) is 20.0. The van der Waals surface area contributed by atoms with Crippen LogP contribution in [0.2, 0.25) is 0 Å². The standard InChI is InChI=1S/C11H14N4OS2/c1-7-6-18-10(14-7)8(2)13-5-9(16)15-11-12-3-4-17-11/h3-4,6,8,13H,5H2,1-2H3,(H,12,15,16)/t8-/m0/s1. The van der Waals surface area contributed by atoms with Crippen molar-refractivity contribution >= 4 is 33.7 Å². The number of nitrogens with one attached hydrogen (secondary N) is 2. The highest BCUT2D eigenvalue weighted by molar-refractivity contribution is 7.13. The van der Waals surface area contributed by atoms with E-state index < -0.39 is 0 Å². The van der Waals surface area contributed by atoms with Gasteiger partial charge in [0.1, 0.15) is 5.01 Å². The zero-order valence-corrected chi connectivity index (χ0v) is 11.8. The second kappa shape index (κ2) is 6.03. The van der Waals surface area contributed by atoms with E-state index in [1.807, 2.05) is 24.6 Å². The van der Waals surface area contributed by atoms with Crippen molar-refractivity contribution in [1.82, 2.24) is 15.3 Å². The smallest absolute Gasteiger partial charge is 0.240 e. The Morgan fingerprint density at radius 1 is 1.50 bits per heavy atom. The van der Waals surface area contributed by atoms with Gasteiger partial charge in [-0.25, -0.2) is 9.97 Å². The van der Waals surface area contributed by atoms with Gasteiger partial charge in [0.15, 0.2) is 5.13 Å². The molecule has 2 N–H and O–H groups in total. The van der Waals surface area contributed by atoms with Crippen molar-refractivity contribution in [3.05, 3.63) is 27.7 Å². The lowest BCUT2D eigenvalue weighted by molar-refractivity contribution is -0.115. The monoisotopic (exact) mass is 282 g/mol. The van der Waals surface area contributed by atoms with Crippen LogP contribution in [0.5, 0.6) is 0 Å². The molecule has 7 heteroatoms. The molecule has 0 saturated heterocycles. The molecule has 1 atom stereocenters. The summed E-state index contributed by atoms with van der Waals surface area (Å²) in [6, 6.07) is 0.0748. The summed E-state index contributed by atoms with van der Waals surface area (Å²) < 4.78 is 0. The number of amides is 1. The molecule has 0 aliphatic rings. The molecule has 2 heterocycles. The van der Waals surface area contributed by atoms with Crippen molar-refractivity contribution in [2.75, 3.05) is 11.9 Å². The number of thiazole rings is 2. The van der Waals surface area contributed by atoms with Gasteiger partial charge in [0, 0.05) is 22.7 Å². The predicted octanol–water partition coefficient (Wildman–Crippen LogP) is 2.20. The molecule has 0 saturated carbocycles. The maximum Gasteiger partial charge on any atom is 0.240 e. The normalized spacial score (nSPS) is 12.3. The molecule has 2 rings (SSSR count). The topological polar surface area (TPSA) is 66.9 Å². The summed E-state index contributed by atoms with van der Waals surface area (Å²) in [5, 5.41) is 11.3. The number of hydrogen-bond acceptors (Lipinski definition) is 6. The third-order valence-electron chi connectivity index (χ3n) is 2.25. The summed E-state index contributed by atoms with van der Waals surface area (Å²) in [5.41, 5.74) is 1.01. The minimum atomic E-state index is -0.0925. The van der Waals surface area contributed by atoms with E-state index in [1.165, 1.54) is 11.3 Å². The third-order valence-corrected chi connectivity index (χ3v) is 4.09. The van der Waals surface area contributed by atoms with E-state index >= 15 is 0 Å². The molecule has 2 aromatic heterocycles. The maximum absolute atomic E-state index is 11.6. The Hall–Kier alpha value is -1.31. The number of carbonyl (C=O) groups is 1. The minimum absolute atomic E-state index is 0.0748. The van der Waals surface area contributed by atoms with Gasteiger partial charge in [-0.3, -0.25) is 10.1 Å². The van der Waals surface area contributed by atoms with Gasteiger partial charge in [0.25, 0.3) is 0 Å². The van der Waals surface area contributed by atoms with Crippen molar-refractivity contribution in [3.8, 4) is 0 Å². The van der Waals surface area contributed by atoms with E-state index in [-0.39, 0.29) is 18.5 Å². The van der Waals surface area contributed by atoms with Crippen LogP contribution in [0.1, 0.15) is 23.7 Å². The van der Waals surface area contributed by atoms with Crippen LogP contribution in [0.4, 0.5) is 5.13 Å². The molecule has 5 nitrogen and oxygen atoms in total. The molecule has 0 radical (unpaired) electrons. The molecule has 18 heavy (non-hydrogen) atoms. The van der Waals surface area contributed by atoms with Crippen molar-refractivity contribution in [2.24, 2.45) is 0 Å². The van der Waals surface area contributed by atoms with Crippen molar-refractivity contribution in [3.63, 3.8) is 0 Å². The van der Waals surface area contributed by atoms with Gasteiger partial charge >= 0.3 is 0 Å². The number of rotatable bonds is 5. The molecule has 1 amide bonds. The van der Waals surface area contributed by atoms with Gasteiger partial charge in [-0.2, -0.15) is 0 Å². The van der Waals surface area contributed by atoms with Crippen LogP contribution in [0.25, 0.3) is 0 Å². The zero-order chi connectivity index (χ0) is 13.0. The second-order valence-electron chi connectivity index (χ2n) is 3.82. The highest BCUT2D eigenvalue weighted by Crippen LogP contribution is 2.17. The van der Waals surface area contributed by atoms with Crippen LogP contribution in [0, 0.1) is 6.92 Å². The summed E-state index contributed by atoms with van der Waals surface area (Å²) in [6.45, 7) is 4.20. The molecule has 0 spiro atoms. The first-order chi connectivity index (χ1) is 8.65. The maximum atomic E-state index is 11.6. The average molecular weight is 282 g/mol. The van der Waals surface area contributed by atoms with Gasteiger partial charge in [-0.1, -0.05) is 0 Å². The van der Waals surface area contributed by atoms with Gasteiger partial charge < -0.3 is 5.32 Å². The first kappa shape index (κ1) is 13.1. The Balaban J connectivity index is 1.79. The minimum Gasteiger partial charge on any atom is -0.301 e. The van der Waals surface area contributed by atoms with Gasteiger partial charge in [0.05, 0.1) is 12.6 Å². The van der Waals surface area contributed by atoms with Gasteiger partial charge in [-0.05, 0) is 13.8 Å². The fourth-order valence-corrected chi connectivity index (χ4v) is 2.73. The fourth-order valence-electron chi connectivity index (χ4n) is 1.35. The van der Waals surface area contributed by atoms with E-state index in [9.17, 15) is 4.79 Å². The highest BCUT2D eigenvalue weighted by Gasteiger charge is 2.11. The van der Waals surface area contributed by atoms with Crippen LogP contribution in [-0.4, -0.2) is 22.4 Å². The molecule has 0 unspecified atom stereocenters. The van der Waals surface area contributed by atoms with Crippen LogP contribution >= 0.6 is 22.7 Å². The Morgan fingerprint density at radius 3 is 2.94 bits per heavy atom. The number of carbonyl (C=O) groups excluding carboxylic acids is 1. The van der Waals surface area contributed by atoms with Crippen LogP contribution < -0.4 is 10.6 Å². The molecule has 0 aliphatic carbocycles. The first-order valence-electron chi connectivity index (χ1n) is 5.50. The van der Waals surface area contributed by atoms with Crippen LogP contribution in [0.3, 0.4) is 0 Å². The van der Waals surface area contributed by atoms with Crippen molar-refractivity contribution in [1.29, 1.82) is 0 Å². The lowest BCUT2D eigenvalue weighted by atomic mass is 10.3. The summed E-state index contributed by atoms with van der Waals surface area (Å²) in [5.74, 6) is -0.0925. The molecule has 0 aromatic carbocycles. The quantitative estimate of drug-likeness (QED) is 0.882. The molecule has 2 aromatic rings. The Bertz CT molecular complexity index is 509. The number of anilines is 1. The average Bonchev–Trinajstić information content (AvgIpc) is 2.97. The summed E-state index contributed by atoms with van der Waals surface area (Å²) >= 11 is 3.00. The Labute approximate surface area is 113 Å². The molecule has 0 bridgehead atoms. The number of aromatic nitrogens is 2. The Morgan fingerprint density at radius 2 is 2.33 bits per heavy atom. The second-order valence-corrected chi connectivity index (χ2v) is 5.60. The SMILES string of the molecule is Cc1csc([C@H](C)NCC(=O)Nc2nccs2)n1. The van der Waals surface area contributed by atoms with Crippen molar-refractivity contribution in [2.45, 2.75) is 19.9 Å². The molecular weight excluding hydrogens is 268 g/mol. The molecule has 0 aliphatic heterocycles. The largest absolute Gasteiger partial charge is 0.301 e. The summed E-state index contributed by atoms with van der Waals surface area (Å²) in [6.07, 6.45) is 1.66. The predicted molar refractivity (Wildman–Crippen MR) is 74.0 cm³/mol. The number of nitrogens with zero attached hydrogens (tertiary/aromatic N) is 2. The van der Waals surface area contributed by atoms with Gasteiger partial charge in [0.2, 0.25) is 5.91 Å². The van der Waals surface area contributed by atoms with Crippen LogP contribution in [-0.2, 0) is 4.79 Å². The van der Waals surface area contributed by atoms with E-state index in [0.29, 0.717) is 5.13 Å². The van der Waals surface area contributed by atoms with E-state index in [0.717, 1.165) is 10.7 Å². The Kier molecular flexibility index (Phi) is 4.40. The molecular formula is C11H14N4OS2. The molecule has 0 fully saturated rings. The van der Waals surface area contributed by atoms with E-state index in [2.05, 4.69) is 20.6 Å². The lowest BCUT2D eigenvalue weighted by Crippen LogP contribution is -2.30. The van der Waals surface area contributed by atoms with E-state index in [1.54, 1.807) is 17.5 Å². The zero-order valence-electron chi connectivity index (χ0n) is 10.1. The lowest BCUT2D eigenvalue weighted by Gasteiger charge is -2.10. The molecule has 96 valence electrons. The van der Waals surface area contributed by atoms with Crippen molar-refractivity contribution < 1.29 is 4.79 Å².